The minimum absolute atomic E-state index is 0.0338. The third-order valence-electron chi connectivity index (χ3n) is 4.46. The Balaban J connectivity index is 1.76. The van der Waals surface area contributed by atoms with Gasteiger partial charge in [0.2, 0.25) is 5.82 Å². The van der Waals surface area contributed by atoms with Crippen molar-refractivity contribution in [3.8, 4) is 0 Å². The van der Waals surface area contributed by atoms with E-state index in [9.17, 15) is 10.1 Å². The average Bonchev–Trinajstić information content (AvgIpc) is 3.16. The SMILES string of the molecule is CNc1cc(N2CCCC2CNc2c([N+](=O)[O-])c(C)nn2C)ncn1. The minimum atomic E-state index is -0.388. The van der Waals surface area contributed by atoms with Gasteiger partial charge in [0.25, 0.3) is 0 Å². The Labute approximate surface area is 145 Å². The van der Waals surface area contributed by atoms with Crippen LogP contribution in [0.15, 0.2) is 12.4 Å². The quantitative estimate of drug-likeness (QED) is 0.598. The molecule has 3 rings (SSSR count). The fourth-order valence-corrected chi connectivity index (χ4v) is 3.27. The maximum Gasteiger partial charge on any atom is 0.333 e. The van der Waals surface area contributed by atoms with E-state index in [1.165, 1.54) is 4.68 Å². The summed E-state index contributed by atoms with van der Waals surface area (Å²) in [5.41, 5.74) is 0.444. The Bertz CT molecular complexity index is 775. The number of anilines is 3. The highest BCUT2D eigenvalue weighted by atomic mass is 16.6. The molecule has 0 radical (unpaired) electrons. The fraction of sp³-hybridized carbons (Fsp3) is 0.533. The van der Waals surface area contributed by atoms with Gasteiger partial charge >= 0.3 is 5.69 Å². The van der Waals surface area contributed by atoms with Crippen LogP contribution < -0.4 is 15.5 Å². The molecule has 0 amide bonds. The first-order valence-corrected chi connectivity index (χ1v) is 8.19. The van der Waals surface area contributed by atoms with Gasteiger partial charge in [-0.2, -0.15) is 5.10 Å². The van der Waals surface area contributed by atoms with E-state index in [1.807, 2.05) is 13.1 Å². The highest BCUT2D eigenvalue weighted by Crippen LogP contribution is 2.29. The van der Waals surface area contributed by atoms with Crippen LogP contribution in [0.3, 0.4) is 0 Å². The molecule has 134 valence electrons. The van der Waals surface area contributed by atoms with E-state index in [0.29, 0.717) is 18.1 Å². The third-order valence-corrected chi connectivity index (χ3v) is 4.46. The normalized spacial score (nSPS) is 16.9. The Kier molecular flexibility index (Phi) is 4.68. The van der Waals surface area contributed by atoms with Crippen LogP contribution in [0.5, 0.6) is 0 Å². The minimum Gasteiger partial charge on any atom is -0.373 e. The molecule has 2 aromatic heterocycles. The van der Waals surface area contributed by atoms with Gasteiger partial charge in [-0.15, -0.1) is 0 Å². The first-order valence-electron chi connectivity index (χ1n) is 8.19. The topological polar surface area (TPSA) is 114 Å². The van der Waals surface area contributed by atoms with Crippen molar-refractivity contribution in [2.75, 3.05) is 35.7 Å². The maximum atomic E-state index is 11.3. The third kappa shape index (κ3) is 3.32. The maximum absolute atomic E-state index is 11.3. The van der Waals surface area contributed by atoms with Crippen LogP contribution in [0.2, 0.25) is 0 Å². The van der Waals surface area contributed by atoms with E-state index in [-0.39, 0.29) is 16.7 Å². The Hall–Kier alpha value is -2.91. The van der Waals surface area contributed by atoms with E-state index in [1.54, 1.807) is 20.3 Å². The first-order chi connectivity index (χ1) is 12.0. The lowest BCUT2D eigenvalue weighted by Gasteiger charge is -2.26. The van der Waals surface area contributed by atoms with E-state index in [0.717, 1.165) is 31.0 Å². The molecule has 0 bridgehead atoms. The van der Waals surface area contributed by atoms with Gasteiger partial charge in [-0.25, -0.2) is 14.6 Å². The van der Waals surface area contributed by atoms with Gasteiger partial charge in [-0.05, 0) is 19.8 Å². The summed E-state index contributed by atoms with van der Waals surface area (Å²) in [6, 6.07) is 2.11. The highest BCUT2D eigenvalue weighted by Gasteiger charge is 2.29. The summed E-state index contributed by atoms with van der Waals surface area (Å²) in [4.78, 5) is 21.6. The van der Waals surface area contributed by atoms with Crippen molar-refractivity contribution >= 4 is 23.1 Å². The lowest BCUT2D eigenvalue weighted by Crippen LogP contribution is -2.36. The molecule has 3 heterocycles. The van der Waals surface area contributed by atoms with Crippen LogP contribution >= 0.6 is 0 Å². The van der Waals surface area contributed by atoms with E-state index in [4.69, 9.17) is 0 Å². The van der Waals surface area contributed by atoms with Gasteiger partial charge < -0.3 is 15.5 Å². The zero-order chi connectivity index (χ0) is 18.0. The number of nitro groups is 1. The first kappa shape index (κ1) is 16.9. The summed E-state index contributed by atoms with van der Waals surface area (Å²) in [5, 5.41) is 21.7. The zero-order valence-electron chi connectivity index (χ0n) is 14.6. The largest absolute Gasteiger partial charge is 0.373 e. The number of nitrogens with zero attached hydrogens (tertiary/aromatic N) is 6. The number of rotatable bonds is 6. The summed E-state index contributed by atoms with van der Waals surface area (Å²) in [5.74, 6) is 2.06. The molecule has 0 saturated carbocycles. The average molecular weight is 346 g/mol. The molecule has 1 aliphatic heterocycles. The smallest absolute Gasteiger partial charge is 0.333 e. The molecule has 1 fully saturated rings. The van der Waals surface area contributed by atoms with Crippen LogP contribution in [0.4, 0.5) is 23.1 Å². The van der Waals surface area contributed by atoms with Crippen LogP contribution in [0, 0.1) is 17.0 Å². The predicted molar refractivity (Wildman–Crippen MR) is 95.0 cm³/mol. The monoisotopic (exact) mass is 346 g/mol. The van der Waals surface area contributed by atoms with Crippen molar-refractivity contribution in [3.63, 3.8) is 0 Å². The van der Waals surface area contributed by atoms with Crippen LogP contribution in [0.1, 0.15) is 18.5 Å². The van der Waals surface area contributed by atoms with Crippen molar-refractivity contribution in [3.05, 3.63) is 28.2 Å². The highest BCUT2D eigenvalue weighted by molar-refractivity contribution is 5.60. The van der Waals surface area contributed by atoms with Gasteiger partial charge in [-0.1, -0.05) is 0 Å². The molecule has 2 aromatic rings. The molecule has 25 heavy (non-hydrogen) atoms. The predicted octanol–water partition coefficient (Wildman–Crippen LogP) is 1.55. The lowest BCUT2D eigenvalue weighted by molar-refractivity contribution is -0.384. The second kappa shape index (κ2) is 6.91. The van der Waals surface area contributed by atoms with Crippen molar-refractivity contribution in [1.82, 2.24) is 19.7 Å². The molecule has 1 atom stereocenters. The summed E-state index contributed by atoms with van der Waals surface area (Å²) in [6.45, 7) is 3.13. The summed E-state index contributed by atoms with van der Waals surface area (Å²) >= 11 is 0. The summed E-state index contributed by atoms with van der Waals surface area (Å²) in [7, 11) is 3.53. The molecule has 1 saturated heterocycles. The van der Waals surface area contributed by atoms with Gasteiger partial charge in [0.05, 0.1) is 4.92 Å². The van der Waals surface area contributed by atoms with Gasteiger partial charge in [0, 0.05) is 39.3 Å². The molecule has 10 nitrogen and oxygen atoms in total. The zero-order valence-corrected chi connectivity index (χ0v) is 14.6. The van der Waals surface area contributed by atoms with Crippen molar-refractivity contribution in [1.29, 1.82) is 0 Å². The molecular formula is C15H22N8O2. The van der Waals surface area contributed by atoms with E-state index >= 15 is 0 Å². The number of hydrogen-bond donors (Lipinski definition) is 2. The Morgan fingerprint density at radius 3 is 2.96 bits per heavy atom. The van der Waals surface area contributed by atoms with Gasteiger partial charge in [0.1, 0.15) is 23.7 Å². The number of aromatic nitrogens is 4. The van der Waals surface area contributed by atoms with Crippen molar-refractivity contribution in [2.45, 2.75) is 25.8 Å². The Morgan fingerprint density at radius 2 is 2.24 bits per heavy atom. The molecule has 1 unspecified atom stereocenters. The fourth-order valence-electron chi connectivity index (χ4n) is 3.27. The second-order valence-corrected chi connectivity index (χ2v) is 6.05. The van der Waals surface area contributed by atoms with E-state index < -0.39 is 0 Å². The Morgan fingerprint density at radius 1 is 1.44 bits per heavy atom. The molecule has 10 heteroatoms. The lowest BCUT2D eigenvalue weighted by atomic mass is 10.2. The number of nitrogens with one attached hydrogen (secondary N) is 2. The van der Waals surface area contributed by atoms with Gasteiger partial charge in [-0.3, -0.25) is 10.1 Å². The molecular weight excluding hydrogens is 324 g/mol. The van der Waals surface area contributed by atoms with Crippen LogP contribution in [0.25, 0.3) is 0 Å². The summed E-state index contributed by atoms with van der Waals surface area (Å²) < 4.78 is 1.52. The van der Waals surface area contributed by atoms with Crippen LogP contribution in [-0.4, -0.2) is 50.9 Å². The molecule has 2 N–H and O–H groups in total. The summed E-state index contributed by atoms with van der Waals surface area (Å²) in [6.07, 6.45) is 3.59. The van der Waals surface area contributed by atoms with E-state index in [2.05, 4.69) is 30.6 Å². The number of hydrogen-bond acceptors (Lipinski definition) is 8. The molecule has 0 aromatic carbocycles. The number of aryl methyl sites for hydroxylation is 2. The standard InChI is InChI=1S/C15H22N8O2/c1-10-14(23(24)25)15(21(3)20-10)17-8-11-5-4-6-22(11)13-7-12(16-2)18-9-19-13/h7,9,11,17H,4-6,8H2,1-3H3,(H,16,18,19). The molecule has 0 aliphatic carbocycles. The van der Waals surface area contributed by atoms with Crippen molar-refractivity contribution in [2.24, 2.45) is 7.05 Å². The van der Waals surface area contributed by atoms with Crippen LogP contribution in [-0.2, 0) is 7.05 Å². The molecule has 1 aliphatic rings. The second-order valence-electron chi connectivity index (χ2n) is 6.05. The molecule has 0 spiro atoms. The van der Waals surface area contributed by atoms with Gasteiger partial charge in [0.15, 0.2) is 0 Å². The van der Waals surface area contributed by atoms with Crippen molar-refractivity contribution < 1.29 is 4.92 Å².